The molecule has 3 rings (SSSR count). The van der Waals surface area contributed by atoms with Gasteiger partial charge in [0.25, 0.3) is 5.56 Å². The zero-order valence-corrected chi connectivity index (χ0v) is 11.1. The largest absolute Gasteiger partial charge is 0.325 e. The quantitative estimate of drug-likeness (QED) is 0.767. The second kappa shape index (κ2) is 4.79. The Bertz CT molecular complexity index is 654. The van der Waals surface area contributed by atoms with Crippen molar-refractivity contribution in [2.45, 2.75) is 25.7 Å². The molecule has 0 radical (unpaired) electrons. The first-order chi connectivity index (χ1) is 9.15. The monoisotopic (exact) mass is 257 g/mol. The molecule has 2 heterocycles. The van der Waals surface area contributed by atoms with E-state index in [1.807, 2.05) is 30.1 Å². The molecule has 1 aliphatic heterocycles. The number of hydrogen-bond acceptors (Lipinski definition) is 3. The van der Waals surface area contributed by atoms with Crippen molar-refractivity contribution in [2.75, 3.05) is 13.1 Å². The van der Waals surface area contributed by atoms with Crippen molar-refractivity contribution in [1.82, 2.24) is 9.99 Å². The van der Waals surface area contributed by atoms with Crippen molar-refractivity contribution < 1.29 is 0 Å². The molecule has 0 amide bonds. The molecule has 2 aromatic rings. The number of hydrazine groups is 1. The van der Waals surface area contributed by atoms with Crippen LogP contribution in [0.1, 0.15) is 30.0 Å². The Hall–Kier alpha value is -1.65. The maximum absolute atomic E-state index is 12.2. The highest BCUT2D eigenvalue weighted by molar-refractivity contribution is 5.85. The molecular weight excluding hydrogens is 238 g/mol. The lowest BCUT2D eigenvalue weighted by molar-refractivity contribution is 0.216. The van der Waals surface area contributed by atoms with E-state index < -0.39 is 0 Å². The average molecular weight is 257 g/mol. The fraction of sp³-hybridized carbons (Fsp3) is 0.400. The first-order valence-corrected chi connectivity index (χ1v) is 6.77. The van der Waals surface area contributed by atoms with E-state index in [0.717, 1.165) is 48.0 Å². The molecule has 0 bridgehead atoms. The van der Waals surface area contributed by atoms with Gasteiger partial charge in [0.15, 0.2) is 0 Å². The number of nitrogens with one attached hydrogen (secondary N) is 1. The molecule has 100 valence electrons. The maximum atomic E-state index is 12.2. The molecule has 1 aliphatic rings. The summed E-state index contributed by atoms with van der Waals surface area (Å²) in [5.41, 5.74) is 2.23. The topological polar surface area (TPSA) is 62.1 Å². The first-order valence-electron chi connectivity index (χ1n) is 6.77. The highest BCUT2D eigenvalue weighted by Gasteiger charge is 2.20. The number of nitrogens with two attached hydrogens (primary N) is 1. The third-order valence-electron chi connectivity index (χ3n) is 4.10. The molecule has 1 saturated heterocycles. The van der Waals surface area contributed by atoms with E-state index in [9.17, 15) is 4.79 Å². The van der Waals surface area contributed by atoms with Gasteiger partial charge in [-0.05, 0) is 42.8 Å². The lowest BCUT2D eigenvalue weighted by Gasteiger charge is -2.28. The van der Waals surface area contributed by atoms with Crippen molar-refractivity contribution in [1.29, 1.82) is 0 Å². The Morgan fingerprint density at radius 2 is 2.00 bits per heavy atom. The van der Waals surface area contributed by atoms with Crippen LogP contribution in [0.5, 0.6) is 0 Å². The predicted molar refractivity (Wildman–Crippen MR) is 77.0 cm³/mol. The van der Waals surface area contributed by atoms with E-state index in [2.05, 4.69) is 11.1 Å². The van der Waals surface area contributed by atoms with E-state index in [1.165, 1.54) is 0 Å². The van der Waals surface area contributed by atoms with Crippen LogP contribution in [-0.4, -0.2) is 23.1 Å². The molecule has 1 aromatic heterocycles. The number of fused-ring (bicyclic) bond motifs is 1. The van der Waals surface area contributed by atoms with Crippen molar-refractivity contribution >= 4 is 10.8 Å². The third kappa shape index (κ3) is 2.29. The molecule has 19 heavy (non-hydrogen) atoms. The smallest absolute Gasteiger partial charge is 0.256 e. The molecule has 0 aliphatic carbocycles. The highest BCUT2D eigenvalue weighted by atomic mass is 16.1. The summed E-state index contributed by atoms with van der Waals surface area (Å²) in [4.78, 5) is 15.2. The Morgan fingerprint density at radius 1 is 1.26 bits per heavy atom. The lowest BCUT2D eigenvalue weighted by Crippen LogP contribution is -2.38. The van der Waals surface area contributed by atoms with Crippen molar-refractivity contribution in [3.8, 4) is 0 Å². The standard InChI is InChI=1S/C15H19N3O/c1-10-3-2-4-12-13(10)9-14(17-15(12)19)11-5-7-18(16)8-6-11/h2-4,9,11H,5-8,16H2,1H3,(H,17,19). The zero-order valence-electron chi connectivity index (χ0n) is 11.1. The van der Waals surface area contributed by atoms with Gasteiger partial charge in [0.1, 0.15) is 0 Å². The predicted octanol–water partition coefficient (Wildman–Crippen LogP) is 1.89. The fourth-order valence-electron chi connectivity index (χ4n) is 2.89. The zero-order chi connectivity index (χ0) is 13.4. The third-order valence-corrected chi connectivity index (χ3v) is 4.10. The van der Waals surface area contributed by atoms with Crippen molar-refractivity contribution in [3.05, 3.63) is 45.9 Å². The number of aromatic nitrogens is 1. The normalized spacial score (nSPS) is 18.0. The summed E-state index contributed by atoms with van der Waals surface area (Å²) in [5, 5.41) is 3.69. The van der Waals surface area contributed by atoms with Crippen LogP contribution in [0.2, 0.25) is 0 Å². The molecule has 1 aromatic carbocycles. The van der Waals surface area contributed by atoms with Crippen LogP contribution in [0.25, 0.3) is 10.8 Å². The van der Waals surface area contributed by atoms with Crippen molar-refractivity contribution in [2.24, 2.45) is 5.84 Å². The number of nitrogens with zero attached hydrogens (tertiary/aromatic N) is 1. The Kier molecular flexibility index (Phi) is 3.12. The van der Waals surface area contributed by atoms with Gasteiger partial charge in [-0.2, -0.15) is 0 Å². The maximum Gasteiger partial charge on any atom is 0.256 e. The summed E-state index contributed by atoms with van der Waals surface area (Å²) in [6, 6.07) is 8.00. The van der Waals surface area contributed by atoms with Gasteiger partial charge in [0.05, 0.1) is 0 Å². The SMILES string of the molecule is Cc1cccc2c(=O)[nH]c(C3CCN(N)CC3)cc12. The lowest BCUT2D eigenvalue weighted by atomic mass is 9.92. The summed E-state index contributed by atoms with van der Waals surface area (Å²) < 4.78 is 0. The number of aryl methyl sites for hydroxylation is 1. The molecular formula is C15H19N3O. The van der Waals surface area contributed by atoms with Crippen LogP contribution in [0.15, 0.2) is 29.1 Å². The second-order valence-electron chi connectivity index (χ2n) is 5.40. The van der Waals surface area contributed by atoms with Gasteiger partial charge in [-0.15, -0.1) is 0 Å². The van der Waals surface area contributed by atoms with Crippen molar-refractivity contribution in [3.63, 3.8) is 0 Å². The van der Waals surface area contributed by atoms with E-state index in [1.54, 1.807) is 0 Å². The summed E-state index contributed by atoms with van der Waals surface area (Å²) in [6.07, 6.45) is 2.01. The van der Waals surface area contributed by atoms with Gasteiger partial charge < -0.3 is 4.98 Å². The second-order valence-corrected chi connectivity index (χ2v) is 5.40. The average Bonchev–Trinajstić information content (AvgIpc) is 2.41. The van der Waals surface area contributed by atoms with E-state index >= 15 is 0 Å². The fourth-order valence-corrected chi connectivity index (χ4v) is 2.89. The minimum absolute atomic E-state index is 0.0198. The van der Waals surface area contributed by atoms with E-state index in [-0.39, 0.29) is 5.56 Å². The summed E-state index contributed by atoms with van der Waals surface area (Å²) in [6.45, 7) is 3.82. The Balaban J connectivity index is 2.06. The van der Waals surface area contributed by atoms with Crippen LogP contribution in [-0.2, 0) is 0 Å². The number of H-pyrrole nitrogens is 1. The van der Waals surface area contributed by atoms with Gasteiger partial charge >= 0.3 is 0 Å². The molecule has 0 spiro atoms. The molecule has 3 N–H and O–H groups in total. The van der Waals surface area contributed by atoms with Crippen LogP contribution in [0.4, 0.5) is 0 Å². The minimum Gasteiger partial charge on any atom is -0.325 e. The molecule has 4 nitrogen and oxygen atoms in total. The Morgan fingerprint density at radius 3 is 2.74 bits per heavy atom. The van der Waals surface area contributed by atoms with Gasteiger partial charge in [-0.3, -0.25) is 10.6 Å². The Labute approximate surface area is 112 Å². The van der Waals surface area contributed by atoms with Crippen LogP contribution in [0.3, 0.4) is 0 Å². The summed E-state index contributed by atoms with van der Waals surface area (Å²) in [7, 11) is 0. The summed E-state index contributed by atoms with van der Waals surface area (Å²) in [5.74, 6) is 6.19. The molecule has 0 unspecified atom stereocenters. The van der Waals surface area contributed by atoms with E-state index in [4.69, 9.17) is 5.84 Å². The summed E-state index contributed by atoms with van der Waals surface area (Å²) >= 11 is 0. The van der Waals surface area contributed by atoms with Gasteiger partial charge in [0, 0.05) is 30.1 Å². The number of piperidine rings is 1. The molecule has 4 heteroatoms. The number of aromatic amines is 1. The molecule has 0 saturated carbocycles. The number of hydrogen-bond donors (Lipinski definition) is 2. The van der Waals surface area contributed by atoms with Gasteiger partial charge in [-0.1, -0.05) is 12.1 Å². The van der Waals surface area contributed by atoms with Crippen LogP contribution >= 0.6 is 0 Å². The molecule has 1 fully saturated rings. The van der Waals surface area contributed by atoms with Crippen LogP contribution < -0.4 is 11.4 Å². The minimum atomic E-state index is 0.0198. The van der Waals surface area contributed by atoms with Gasteiger partial charge in [-0.25, -0.2) is 5.01 Å². The number of benzene rings is 1. The number of pyridine rings is 1. The number of rotatable bonds is 1. The van der Waals surface area contributed by atoms with E-state index in [0.29, 0.717) is 5.92 Å². The highest BCUT2D eigenvalue weighted by Crippen LogP contribution is 2.27. The van der Waals surface area contributed by atoms with Gasteiger partial charge in [0.2, 0.25) is 0 Å². The van der Waals surface area contributed by atoms with Crippen LogP contribution in [0, 0.1) is 6.92 Å². The molecule has 0 atom stereocenters. The first kappa shape index (κ1) is 12.4.